The van der Waals surface area contributed by atoms with Gasteiger partial charge in [0.1, 0.15) is 12.4 Å². The summed E-state index contributed by atoms with van der Waals surface area (Å²) in [5.74, 6) is 1.66. The zero-order valence-corrected chi connectivity index (χ0v) is 10.5. The quantitative estimate of drug-likeness (QED) is 0.895. The minimum atomic E-state index is 0.133. The van der Waals surface area contributed by atoms with E-state index in [0.717, 1.165) is 5.56 Å². The summed E-state index contributed by atoms with van der Waals surface area (Å²) in [5.41, 5.74) is 6.56. The van der Waals surface area contributed by atoms with Crippen molar-refractivity contribution < 1.29 is 13.7 Å². The molecule has 1 aromatic carbocycles. The summed E-state index contributed by atoms with van der Waals surface area (Å²) in [6.45, 7) is 2.00. The van der Waals surface area contributed by atoms with Gasteiger partial charge >= 0.3 is 0 Å². The first kappa shape index (κ1) is 13.2. The minimum Gasteiger partial charge on any atom is -0.489 e. The van der Waals surface area contributed by atoms with E-state index >= 15 is 0 Å². The molecule has 2 aromatic rings. The van der Waals surface area contributed by atoms with Crippen molar-refractivity contribution in [3.63, 3.8) is 0 Å². The molecule has 6 heteroatoms. The van der Waals surface area contributed by atoms with Crippen LogP contribution in [0.3, 0.4) is 0 Å². The lowest BCUT2D eigenvalue weighted by Gasteiger charge is -2.07. The van der Waals surface area contributed by atoms with Crippen molar-refractivity contribution in [3.8, 4) is 17.1 Å². The third-order valence-corrected chi connectivity index (χ3v) is 2.48. The topological polar surface area (TPSA) is 74.2 Å². The zero-order chi connectivity index (χ0) is 13.7. The third kappa shape index (κ3) is 3.38. The van der Waals surface area contributed by atoms with Gasteiger partial charge in [0.05, 0.1) is 6.33 Å². The number of nitrogens with zero attached hydrogens (tertiary/aromatic N) is 2. The van der Waals surface area contributed by atoms with Crippen LogP contribution in [0.2, 0.25) is 0 Å². The number of aromatic nitrogens is 2. The van der Waals surface area contributed by atoms with E-state index in [-0.39, 0.29) is 13.2 Å². The first-order valence-electron chi connectivity index (χ1n) is 5.74. The van der Waals surface area contributed by atoms with Crippen molar-refractivity contribution >= 4 is 0 Å². The third-order valence-electron chi connectivity index (χ3n) is 2.48. The number of rotatable bonds is 5. The van der Waals surface area contributed by atoms with Gasteiger partial charge in [0.15, 0.2) is 0 Å². The molecule has 0 spiro atoms. The first-order valence-corrected chi connectivity index (χ1v) is 5.74. The van der Waals surface area contributed by atoms with E-state index in [9.17, 15) is 4.39 Å². The lowest BCUT2D eigenvalue weighted by atomic mass is 10.2. The van der Waals surface area contributed by atoms with Crippen molar-refractivity contribution in [2.45, 2.75) is 6.92 Å². The molecule has 5 nitrogen and oxygen atoms in total. The maximum Gasteiger partial charge on any atom is 0.223 e. The average Bonchev–Trinajstić information content (AvgIpc) is 2.87. The highest BCUT2D eigenvalue weighted by molar-refractivity contribution is 5.55. The highest BCUT2D eigenvalue weighted by Gasteiger charge is 2.05. The van der Waals surface area contributed by atoms with Crippen LogP contribution in [-0.4, -0.2) is 23.3 Å². The van der Waals surface area contributed by atoms with Gasteiger partial charge in [-0.15, -0.1) is 0 Å². The predicted octanol–water partition coefficient (Wildman–Crippen LogP) is 2.24. The van der Waals surface area contributed by atoms with Gasteiger partial charge < -0.3 is 15.0 Å². The lowest BCUT2D eigenvalue weighted by molar-refractivity contribution is 0.347. The molecule has 0 aliphatic carbocycles. The largest absolute Gasteiger partial charge is 0.489 e. The van der Waals surface area contributed by atoms with E-state index < -0.39 is 0 Å². The van der Waals surface area contributed by atoms with E-state index in [4.69, 9.17) is 15.0 Å². The van der Waals surface area contributed by atoms with Crippen LogP contribution in [0.4, 0.5) is 4.39 Å². The van der Waals surface area contributed by atoms with Crippen LogP contribution in [-0.2, 0) is 0 Å². The van der Waals surface area contributed by atoms with E-state index in [1.807, 2.05) is 0 Å². The molecule has 0 saturated carbocycles. The van der Waals surface area contributed by atoms with Gasteiger partial charge in [-0.05, 0) is 24.3 Å². The molecule has 0 radical (unpaired) electrons. The Morgan fingerprint density at radius 3 is 2.68 bits per heavy atom. The Kier molecular flexibility index (Phi) is 4.25. The molecule has 100 valence electrons. The van der Waals surface area contributed by atoms with Gasteiger partial charge in [0.2, 0.25) is 11.7 Å². The summed E-state index contributed by atoms with van der Waals surface area (Å²) >= 11 is 0. The van der Waals surface area contributed by atoms with Gasteiger partial charge in [-0.25, -0.2) is 4.39 Å². The second-order valence-corrected chi connectivity index (χ2v) is 3.92. The predicted molar refractivity (Wildman–Crippen MR) is 68.2 cm³/mol. The van der Waals surface area contributed by atoms with Gasteiger partial charge in [-0.2, -0.15) is 4.98 Å². The molecular weight excluding hydrogens is 249 g/mol. The van der Waals surface area contributed by atoms with Crippen molar-refractivity contribution in [2.75, 3.05) is 13.2 Å². The van der Waals surface area contributed by atoms with Crippen LogP contribution in [0, 0.1) is 6.92 Å². The van der Waals surface area contributed by atoms with Crippen LogP contribution in [0.25, 0.3) is 11.4 Å². The monoisotopic (exact) mass is 263 g/mol. The number of ether oxygens (including phenoxy) is 1. The summed E-state index contributed by atoms with van der Waals surface area (Å²) in [6, 6.07) is 7.13. The van der Waals surface area contributed by atoms with E-state index in [2.05, 4.69) is 10.1 Å². The maximum absolute atomic E-state index is 12.3. The Morgan fingerprint density at radius 2 is 2.16 bits per heavy atom. The Hall–Kier alpha value is -2.21. The molecule has 1 aromatic heterocycles. The normalized spacial score (nSPS) is 11.6. The number of aryl methyl sites for hydroxylation is 1. The van der Waals surface area contributed by atoms with E-state index in [1.54, 1.807) is 31.2 Å². The van der Waals surface area contributed by atoms with Gasteiger partial charge in [0.25, 0.3) is 0 Å². The summed E-state index contributed by atoms with van der Waals surface area (Å²) in [4.78, 5) is 4.12. The molecule has 19 heavy (non-hydrogen) atoms. The molecule has 0 aliphatic rings. The standard InChI is InChI=1S/C13H14FN3O2/c1-9-16-13(17-19-9)11-2-4-12(5-3-11)18-8-10(6-14)7-15/h2-6H,7-8,15H2,1H3/b10-6+. The van der Waals surface area contributed by atoms with Gasteiger partial charge in [-0.1, -0.05) is 5.16 Å². The molecule has 0 amide bonds. The fourth-order valence-electron chi connectivity index (χ4n) is 1.43. The Bertz CT molecular complexity index is 564. The Morgan fingerprint density at radius 1 is 1.42 bits per heavy atom. The van der Waals surface area contributed by atoms with Crippen molar-refractivity contribution in [3.05, 3.63) is 42.1 Å². The number of halogens is 1. The number of hydrogen-bond acceptors (Lipinski definition) is 5. The molecule has 1 heterocycles. The van der Waals surface area contributed by atoms with E-state index in [0.29, 0.717) is 29.4 Å². The molecule has 0 unspecified atom stereocenters. The van der Waals surface area contributed by atoms with Crippen molar-refractivity contribution in [1.29, 1.82) is 0 Å². The fourth-order valence-corrected chi connectivity index (χ4v) is 1.43. The second-order valence-electron chi connectivity index (χ2n) is 3.92. The summed E-state index contributed by atoms with van der Waals surface area (Å²) in [5, 5.41) is 3.81. The molecule has 0 fully saturated rings. The summed E-state index contributed by atoms with van der Waals surface area (Å²) < 4.78 is 22.6. The molecule has 0 atom stereocenters. The zero-order valence-electron chi connectivity index (χ0n) is 10.5. The SMILES string of the molecule is Cc1nc(-c2ccc(OC/C(=C/F)CN)cc2)no1. The van der Waals surface area contributed by atoms with Crippen molar-refractivity contribution in [1.82, 2.24) is 10.1 Å². The summed E-state index contributed by atoms with van der Waals surface area (Å²) in [6.07, 6.45) is 0.469. The number of benzene rings is 1. The average molecular weight is 263 g/mol. The Labute approximate surface area is 109 Å². The summed E-state index contributed by atoms with van der Waals surface area (Å²) in [7, 11) is 0. The van der Waals surface area contributed by atoms with Crippen molar-refractivity contribution in [2.24, 2.45) is 5.73 Å². The maximum atomic E-state index is 12.3. The molecule has 0 bridgehead atoms. The Balaban J connectivity index is 2.02. The molecule has 0 saturated heterocycles. The fraction of sp³-hybridized carbons (Fsp3) is 0.231. The highest BCUT2D eigenvalue weighted by atomic mass is 19.1. The molecule has 2 N–H and O–H groups in total. The second kappa shape index (κ2) is 6.10. The molecule has 2 rings (SSSR count). The molecule has 0 aliphatic heterocycles. The van der Waals surface area contributed by atoms with Crippen LogP contribution in [0.15, 0.2) is 40.7 Å². The highest BCUT2D eigenvalue weighted by Crippen LogP contribution is 2.20. The van der Waals surface area contributed by atoms with E-state index in [1.165, 1.54) is 0 Å². The van der Waals surface area contributed by atoms with Crippen LogP contribution in [0.1, 0.15) is 5.89 Å². The smallest absolute Gasteiger partial charge is 0.223 e. The van der Waals surface area contributed by atoms with Gasteiger partial charge in [-0.3, -0.25) is 0 Å². The number of nitrogens with two attached hydrogens (primary N) is 1. The molecular formula is C13H14FN3O2. The van der Waals surface area contributed by atoms with Gasteiger partial charge in [0, 0.05) is 24.6 Å². The lowest BCUT2D eigenvalue weighted by Crippen LogP contribution is -2.10. The minimum absolute atomic E-state index is 0.133. The first-order chi connectivity index (χ1) is 9.22. The number of hydrogen-bond donors (Lipinski definition) is 1. The van der Waals surface area contributed by atoms with Crippen LogP contribution in [0.5, 0.6) is 5.75 Å². The van der Waals surface area contributed by atoms with Crippen LogP contribution >= 0.6 is 0 Å². The van der Waals surface area contributed by atoms with Crippen LogP contribution < -0.4 is 10.5 Å².